The second-order valence-corrected chi connectivity index (χ2v) is 4.35. The van der Waals surface area contributed by atoms with E-state index in [2.05, 4.69) is 34.5 Å². The number of nitrogens with one attached hydrogen (secondary N) is 1. The topological polar surface area (TPSA) is 41.3 Å². The lowest BCUT2D eigenvalue weighted by atomic mass is 10.1. The van der Waals surface area contributed by atoms with Gasteiger partial charge < -0.3 is 11.1 Å². The van der Waals surface area contributed by atoms with Crippen LogP contribution < -0.4 is 11.1 Å². The second-order valence-electron chi connectivity index (χ2n) is 4.35. The van der Waals surface area contributed by atoms with Crippen molar-refractivity contribution in [1.82, 2.24) is 10.2 Å². The van der Waals surface area contributed by atoms with Gasteiger partial charge in [0.2, 0.25) is 0 Å². The summed E-state index contributed by atoms with van der Waals surface area (Å²) in [5.74, 6) is 0. The molecule has 1 aliphatic heterocycles. The number of benzene rings is 1. The van der Waals surface area contributed by atoms with Gasteiger partial charge in [-0.3, -0.25) is 4.90 Å². The lowest BCUT2D eigenvalue weighted by Gasteiger charge is -2.20. The first-order valence-corrected chi connectivity index (χ1v) is 6.10. The molecule has 0 aromatic heterocycles. The van der Waals surface area contributed by atoms with E-state index >= 15 is 0 Å². The largest absolute Gasteiger partial charge is 0.326 e. The molecule has 0 saturated carbocycles. The summed E-state index contributed by atoms with van der Waals surface area (Å²) in [7, 11) is 0. The zero-order chi connectivity index (χ0) is 11.2. The van der Waals surface area contributed by atoms with Crippen molar-refractivity contribution in [3.63, 3.8) is 0 Å². The van der Waals surface area contributed by atoms with E-state index in [4.69, 9.17) is 5.73 Å². The van der Waals surface area contributed by atoms with E-state index in [0.29, 0.717) is 6.54 Å². The highest BCUT2D eigenvalue weighted by Crippen LogP contribution is 2.11. The van der Waals surface area contributed by atoms with Crippen molar-refractivity contribution in [2.75, 3.05) is 26.2 Å². The third kappa shape index (κ3) is 3.04. The molecular formula is C13H21N3. The lowest BCUT2D eigenvalue weighted by Crippen LogP contribution is -2.28. The zero-order valence-electron chi connectivity index (χ0n) is 9.78. The molecule has 0 radical (unpaired) electrons. The van der Waals surface area contributed by atoms with Crippen LogP contribution in [0.15, 0.2) is 24.3 Å². The molecule has 0 unspecified atom stereocenters. The summed E-state index contributed by atoms with van der Waals surface area (Å²) in [4.78, 5) is 2.51. The number of rotatable bonds is 3. The van der Waals surface area contributed by atoms with Crippen LogP contribution in [-0.4, -0.2) is 31.1 Å². The van der Waals surface area contributed by atoms with Gasteiger partial charge in [-0.05, 0) is 30.6 Å². The molecule has 0 atom stereocenters. The Morgan fingerprint density at radius 1 is 1.12 bits per heavy atom. The number of nitrogens with two attached hydrogens (primary N) is 1. The van der Waals surface area contributed by atoms with Gasteiger partial charge in [0.25, 0.3) is 0 Å². The molecule has 1 aliphatic rings. The molecule has 1 aromatic rings. The van der Waals surface area contributed by atoms with Crippen LogP contribution in [0.2, 0.25) is 0 Å². The fraction of sp³-hybridized carbons (Fsp3) is 0.538. The van der Waals surface area contributed by atoms with Crippen molar-refractivity contribution >= 4 is 0 Å². The summed E-state index contributed by atoms with van der Waals surface area (Å²) >= 11 is 0. The van der Waals surface area contributed by atoms with Gasteiger partial charge in [-0.25, -0.2) is 0 Å². The predicted octanol–water partition coefficient (Wildman–Crippen LogP) is 0.941. The number of nitrogens with zero attached hydrogens (tertiary/aromatic N) is 1. The van der Waals surface area contributed by atoms with E-state index < -0.39 is 0 Å². The molecule has 3 N–H and O–H groups in total. The second kappa shape index (κ2) is 5.99. The lowest BCUT2D eigenvalue weighted by molar-refractivity contribution is 0.283. The van der Waals surface area contributed by atoms with Crippen LogP contribution in [0.3, 0.4) is 0 Å². The molecule has 3 heteroatoms. The Labute approximate surface area is 97.6 Å². The first-order valence-electron chi connectivity index (χ1n) is 6.10. The van der Waals surface area contributed by atoms with Gasteiger partial charge in [-0.2, -0.15) is 0 Å². The average Bonchev–Trinajstić information content (AvgIpc) is 2.58. The Bertz CT molecular complexity index is 317. The van der Waals surface area contributed by atoms with E-state index in [1.807, 2.05) is 0 Å². The van der Waals surface area contributed by atoms with Crippen LogP contribution in [-0.2, 0) is 13.1 Å². The zero-order valence-corrected chi connectivity index (χ0v) is 9.78. The maximum atomic E-state index is 5.76. The highest BCUT2D eigenvalue weighted by Gasteiger charge is 2.10. The fourth-order valence-corrected chi connectivity index (χ4v) is 2.21. The van der Waals surface area contributed by atoms with Crippen molar-refractivity contribution in [3.05, 3.63) is 35.4 Å². The molecule has 0 amide bonds. The van der Waals surface area contributed by atoms with Crippen LogP contribution in [0.1, 0.15) is 17.5 Å². The van der Waals surface area contributed by atoms with Crippen molar-refractivity contribution < 1.29 is 0 Å². The fourth-order valence-electron chi connectivity index (χ4n) is 2.21. The number of hydrogen-bond acceptors (Lipinski definition) is 3. The molecular weight excluding hydrogens is 198 g/mol. The van der Waals surface area contributed by atoms with Crippen LogP contribution in [0.5, 0.6) is 0 Å². The van der Waals surface area contributed by atoms with Crippen molar-refractivity contribution in [3.8, 4) is 0 Å². The average molecular weight is 219 g/mol. The third-order valence-corrected chi connectivity index (χ3v) is 3.16. The molecule has 1 fully saturated rings. The molecule has 1 aromatic carbocycles. The standard InChI is InChI=1S/C13H21N3/c14-10-12-4-1-2-5-13(12)11-16-8-3-6-15-7-9-16/h1-2,4-5,15H,3,6-11,14H2. The molecule has 0 aliphatic carbocycles. The first-order chi connectivity index (χ1) is 7.90. The van der Waals surface area contributed by atoms with Crippen LogP contribution in [0, 0.1) is 0 Å². The molecule has 1 heterocycles. The summed E-state index contributed by atoms with van der Waals surface area (Å²) in [6.07, 6.45) is 1.24. The van der Waals surface area contributed by atoms with Gasteiger partial charge in [-0.1, -0.05) is 24.3 Å². The molecule has 0 spiro atoms. The Morgan fingerprint density at radius 3 is 2.75 bits per heavy atom. The predicted molar refractivity (Wildman–Crippen MR) is 67.1 cm³/mol. The number of hydrogen-bond donors (Lipinski definition) is 2. The van der Waals surface area contributed by atoms with Crippen LogP contribution >= 0.6 is 0 Å². The Hall–Kier alpha value is -0.900. The van der Waals surface area contributed by atoms with Gasteiger partial charge in [-0.15, -0.1) is 0 Å². The normalized spacial score (nSPS) is 18.3. The third-order valence-electron chi connectivity index (χ3n) is 3.16. The Kier molecular flexibility index (Phi) is 4.34. The van der Waals surface area contributed by atoms with E-state index in [0.717, 1.165) is 26.2 Å². The summed E-state index contributed by atoms with van der Waals surface area (Å²) in [5, 5.41) is 3.43. The maximum absolute atomic E-state index is 5.76. The van der Waals surface area contributed by atoms with E-state index in [1.165, 1.54) is 24.1 Å². The Balaban J connectivity index is 2.01. The van der Waals surface area contributed by atoms with Gasteiger partial charge in [0.1, 0.15) is 0 Å². The SMILES string of the molecule is NCc1ccccc1CN1CCCNCC1. The summed E-state index contributed by atoms with van der Waals surface area (Å²) in [6, 6.07) is 8.49. The van der Waals surface area contributed by atoms with Gasteiger partial charge in [0, 0.05) is 26.2 Å². The smallest absolute Gasteiger partial charge is 0.0237 e. The van der Waals surface area contributed by atoms with E-state index in [9.17, 15) is 0 Å². The van der Waals surface area contributed by atoms with Crippen LogP contribution in [0.4, 0.5) is 0 Å². The molecule has 1 saturated heterocycles. The van der Waals surface area contributed by atoms with Crippen LogP contribution in [0.25, 0.3) is 0 Å². The van der Waals surface area contributed by atoms with Gasteiger partial charge in [0.15, 0.2) is 0 Å². The Morgan fingerprint density at radius 2 is 1.94 bits per heavy atom. The molecule has 2 rings (SSSR count). The monoisotopic (exact) mass is 219 g/mol. The quantitative estimate of drug-likeness (QED) is 0.795. The first kappa shape index (κ1) is 11.6. The van der Waals surface area contributed by atoms with E-state index in [1.54, 1.807) is 0 Å². The molecule has 16 heavy (non-hydrogen) atoms. The summed E-state index contributed by atoms with van der Waals surface area (Å²) in [6.45, 7) is 6.25. The van der Waals surface area contributed by atoms with Gasteiger partial charge in [0.05, 0.1) is 0 Å². The highest BCUT2D eigenvalue weighted by molar-refractivity contribution is 5.26. The summed E-state index contributed by atoms with van der Waals surface area (Å²) in [5.41, 5.74) is 8.41. The van der Waals surface area contributed by atoms with Gasteiger partial charge >= 0.3 is 0 Å². The van der Waals surface area contributed by atoms with Crippen molar-refractivity contribution in [2.24, 2.45) is 5.73 Å². The van der Waals surface area contributed by atoms with Crippen molar-refractivity contribution in [1.29, 1.82) is 0 Å². The van der Waals surface area contributed by atoms with E-state index in [-0.39, 0.29) is 0 Å². The molecule has 88 valence electrons. The maximum Gasteiger partial charge on any atom is 0.0237 e. The minimum absolute atomic E-state index is 0.641. The molecule has 0 bridgehead atoms. The highest BCUT2D eigenvalue weighted by atomic mass is 15.1. The van der Waals surface area contributed by atoms with Crippen molar-refractivity contribution in [2.45, 2.75) is 19.5 Å². The summed E-state index contributed by atoms with van der Waals surface area (Å²) < 4.78 is 0. The minimum Gasteiger partial charge on any atom is -0.326 e. The molecule has 3 nitrogen and oxygen atoms in total. The minimum atomic E-state index is 0.641.